The summed E-state index contributed by atoms with van der Waals surface area (Å²) in [6.45, 7) is 0.907. The lowest BCUT2D eigenvalue weighted by atomic mass is 10.1. The fourth-order valence-corrected chi connectivity index (χ4v) is 2.48. The number of aliphatic hydroxyl groups is 1. The minimum atomic E-state index is -0.148. The van der Waals surface area contributed by atoms with Gasteiger partial charge in [0.05, 0.1) is 6.61 Å². The Kier molecular flexibility index (Phi) is 5.13. The Morgan fingerprint density at radius 3 is 2.71 bits per heavy atom. The quantitative estimate of drug-likeness (QED) is 0.829. The molecule has 5 heteroatoms. The van der Waals surface area contributed by atoms with E-state index in [0.717, 1.165) is 11.1 Å². The van der Waals surface area contributed by atoms with E-state index >= 15 is 0 Å². The van der Waals surface area contributed by atoms with Crippen molar-refractivity contribution in [3.63, 3.8) is 0 Å². The average Bonchev–Trinajstić information content (AvgIpc) is 3.08. The lowest BCUT2D eigenvalue weighted by molar-refractivity contribution is -0.127. The van der Waals surface area contributed by atoms with E-state index in [0.29, 0.717) is 24.6 Å². The van der Waals surface area contributed by atoms with Gasteiger partial charge in [-0.15, -0.1) is 0 Å². The summed E-state index contributed by atoms with van der Waals surface area (Å²) in [4.78, 5) is 14.0. The van der Waals surface area contributed by atoms with Gasteiger partial charge in [-0.05, 0) is 29.3 Å². The maximum absolute atomic E-state index is 12.4. The smallest absolute Gasteiger partial charge is 0.246 e. The zero-order valence-corrected chi connectivity index (χ0v) is 13.2. The number of fused-ring (bicyclic) bond motifs is 1. The van der Waals surface area contributed by atoms with Gasteiger partial charge in [0.15, 0.2) is 11.5 Å². The van der Waals surface area contributed by atoms with Crippen LogP contribution in [0.5, 0.6) is 11.5 Å². The van der Waals surface area contributed by atoms with Crippen molar-refractivity contribution in [2.75, 3.05) is 19.9 Å². The van der Waals surface area contributed by atoms with E-state index in [1.165, 1.54) is 6.08 Å². The van der Waals surface area contributed by atoms with Gasteiger partial charge in [-0.25, -0.2) is 0 Å². The number of aliphatic hydroxyl groups excluding tert-OH is 1. The highest BCUT2D eigenvalue weighted by atomic mass is 16.7. The van der Waals surface area contributed by atoms with Gasteiger partial charge in [-0.3, -0.25) is 4.79 Å². The molecule has 124 valence electrons. The number of carbonyl (C=O) groups is 1. The summed E-state index contributed by atoms with van der Waals surface area (Å²) in [6, 6.07) is 15.2. The second-order valence-electron chi connectivity index (χ2n) is 5.42. The maximum atomic E-state index is 12.4. The number of hydrogen-bond acceptors (Lipinski definition) is 4. The van der Waals surface area contributed by atoms with Crippen LogP contribution in [-0.4, -0.2) is 35.9 Å². The molecule has 1 aliphatic heterocycles. The molecule has 1 amide bonds. The summed E-state index contributed by atoms with van der Waals surface area (Å²) in [7, 11) is 0. The molecule has 5 nitrogen and oxygen atoms in total. The molecule has 0 unspecified atom stereocenters. The Hall–Kier alpha value is -2.79. The van der Waals surface area contributed by atoms with E-state index in [1.807, 2.05) is 48.5 Å². The molecular weight excluding hydrogens is 306 g/mol. The molecular formula is C19H19NO4. The Labute approximate surface area is 140 Å². The normalized spacial score (nSPS) is 12.5. The molecule has 0 saturated heterocycles. The van der Waals surface area contributed by atoms with Crippen LogP contribution >= 0.6 is 0 Å². The molecule has 0 aliphatic carbocycles. The predicted octanol–water partition coefficient (Wildman–Crippen LogP) is 2.45. The number of amides is 1. The second kappa shape index (κ2) is 7.66. The highest BCUT2D eigenvalue weighted by molar-refractivity contribution is 5.91. The highest BCUT2D eigenvalue weighted by Gasteiger charge is 2.13. The largest absolute Gasteiger partial charge is 0.454 e. The molecule has 2 aromatic rings. The van der Waals surface area contributed by atoms with E-state index in [9.17, 15) is 9.90 Å². The standard InChI is InChI=1S/C19H19NO4/c21-11-10-20(13-16-4-2-1-3-5-16)19(22)9-7-15-6-8-17-18(12-15)24-14-23-17/h1-9,12,21H,10-11,13-14H2/b9-7+. The average molecular weight is 325 g/mol. The van der Waals surface area contributed by atoms with Crippen molar-refractivity contribution in [1.29, 1.82) is 0 Å². The van der Waals surface area contributed by atoms with Crippen LogP contribution in [-0.2, 0) is 11.3 Å². The van der Waals surface area contributed by atoms with Crippen LogP contribution in [0, 0.1) is 0 Å². The number of ether oxygens (including phenoxy) is 2. The minimum Gasteiger partial charge on any atom is -0.454 e. The van der Waals surface area contributed by atoms with Gasteiger partial charge >= 0.3 is 0 Å². The van der Waals surface area contributed by atoms with Gasteiger partial charge in [-0.2, -0.15) is 0 Å². The van der Waals surface area contributed by atoms with E-state index in [1.54, 1.807) is 11.0 Å². The number of carbonyl (C=O) groups excluding carboxylic acids is 1. The number of nitrogens with zero attached hydrogens (tertiary/aromatic N) is 1. The second-order valence-corrected chi connectivity index (χ2v) is 5.42. The fraction of sp³-hybridized carbons (Fsp3) is 0.211. The summed E-state index contributed by atoms with van der Waals surface area (Å²) < 4.78 is 10.6. The molecule has 0 saturated carbocycles. The monoisotopic (exact) mass is 325 g/mol. The summed E-state index contributed by atoms with van der Waals surface area (Å²) >= 11 is 0. The zero-order chi connectivity index (χ0) is 16.8. The summed E-state index contributed by atoms with van der Waals surface area (Å²) in [5.41, 5.74) is 1.88. The van der Waals surface area contributed by atoms with E-state index in [-0.39, 0.29) is 19.3 Å². The molecule has 0 bridgehead atoms. The van der Waals surface area contributed by atoms with Crippen LogP contribution in [0.4, 0.5) is 0 Å². The molecule has 24 heavy (non-hydrogen) atoms. The summed E-state index contributed by atoms with van der Waals surface area (Å²) in [5, 5.41) is 9.21. The van der Waals surface area contributed by atoms with Crippen LogP contribution in [0.3, 0.4) is 0 Å². The first-order chi connectivity index (χ1) is 11.8. The molecule has 0 atom stereocenters. The van der Waals surface area contributed by atoms with Crippen molar-refractivity contribution in [3.8, 4) is 11.5 Å². The first kappa shape index (κ1) is 16.1. The molecule has 1 heterocycles. The van der Waals surface area contributed by atoms with E-state index in [2.05, 4.69) is 0 Å². The van der Waals surface area contributed by atoms with Gasteiger partial charge in [0.1, 0.15) is 0 Å². The first-order valence-corrected chi connectivity index (χ1v) is 7.77. The van der Waals surface area contributed by atoms with Gasteiger partial charge in [-0.1, -0.05) is 36.4 Å². The van der Waals surface area contributed by atoms with E-state index in [4.69, 9.17) is 9.47 Å². The van der Waals surface area contributed by atoms with Crippen LogP contribution in [0.15, 0.2) is 54.6 Å². The van der Waals surface area contributed by atoms with Crippen LogP contribution in [0.25, 0.3) is 6.08 Å². The number of rotatable bonds is 6. The molecule has 0 spiro atoms. The van der Waals surface area contributed by atoms with E-state index < -0.39 is 0 Å². The van der Waals surface area contributed by atoms with Crippen molar-refractivity contribution in [2.45, 2.75) is 6.54 Å². The molecule has 2 aromatic carbocycles. The SMILES string of the molecule is O=C(/C=C/c1ccc2c(c1)OCO2)N(CCO)Cc1ccccc1. The third kappa shape index (κ3) is 3.94. The first-order valence-electron chi connectivity index (χ1n) is 7.77. The third-order valence-electron chi connectivity index (χ3n) is 3.71. The minimum absolute atomic E-state index is 0.0730. The van der Waals surface area contributed by atoms with Crippen molar-refractivity contribution < 1.29 is 19.4 Å². The maximum Gasteiger partial charge on any atom is 0.246 e. The third-order valence-corrected chi connectivity index (χ3v) is 3.71. The van der Waals surface area contributed by atoms with Crippen LogP contribution in [0.2, 0.25) is 0 Å². The Morgan fingerprint density at radius 2 is 1.92 bits per heavy atom. The van der Waals surface area contributed by atoms with Gasteiger partial charge in [0.2, 0.25) is 12.7 Å². The van der Waals surface area contributed by atoms with Gasteiger partial charge < -0.3 is 19.5 Å². The summed E-state index contributed by atoms with van der Waals surface area (Å²) in [6.07, 6.45) is 3.25. The lowest BCUT2D eigenvalue weighted by Gasteiger charge is -2.20. The summed E-state index contributed by atoms with van der Waals surface area (Å²) in [5.74, 6) is 1.25. The number of benzene rings is 2. The predicted molar refractivity (Wildman–Crippen MR) is 90.5 cm³/mol. The molecule has 0 aromatic heterocycles. The van der Waals surface area contributed by atoms with Crippen molar-refractivity contribution in [1.82, 2.24) is 4.90 Å². The lowest BCUT2D eigenvalue weighted by Crippen LogP contribution is -2.31. The molecule has 0 radical (unpaired) electrons. The van der Waals surface area contributed by atoms with Crippen molar-refractivity contribution in [2.24, 2.45) is 0 Å². The topological polar surface area (TPSA) is 59.0 Å². The van der Waals surface area contributed by atoms with Crippen LogP contribution in [0.1, 0.15) is 11.1 Å². The zero-order valence-electron chi connectivity index (χ0n) is 13.2. The van der Waals surface area contributed by atoms with Gasteiger partial charge in [0, 0.05) is 19.2 Å². The van der Waals surface area contributed by atoms with Gasteiger partial charge in [0.25, 0.3) is 0 Å². The molecule has 3 rings (SSSR count). The molecule has 0 fully saturated rings. The van der Waals surface area contributed by atoms with Crippen molar-refractivity contribution >= 4 is 12.0 Å². The van der Waals surface area contributed by atoms with Crippen molar-refractivity contribution in [3.05, 3.63) is 65.7 Å². The Bertz CT molecular complexity index is 727. The highest BCUT2D eigenvalue weighted by Crippen LogP contribution is 2.32. The number of hydrogen-bond donors (Lipinski definition) is 1. The van der Waals surface area contributed by atoms with Crippen LogP contribution < -0.4 is 9.47 Å². The Balaban J connectivity index is 1.68. The molecule has 1 aliphatic rings. The molecule has 1 N–H and O–H groups in total. The Morgan fingerprint density at radius 1 is 1.12 bits per heavy atom. The fourth-order valence-electron chi connectivity index (χ4n) is 2.48.